The summed E-state index contributed by atoms with van der Waals surface area (Å²) in [6.07, 6.45) is 0.911. The summed E-state index contributed by atoms with van der Waals surface area (Å²) in [7, 11) is 0. The standard InChI is InChI=1S/C10H11NO/c1-2-8-6-7-4-3-5-9(11)10(7)12-8/h3-6H,2,11H2,1H3. The van der Waals surface area contributed by atoms with E-state index in [4.69, 9.17) is 10.2 Å². The fraction of sp³-hybridized carbons (Fsp3) is 0.200. The maximum atomic E-state index is 5.73. The summed E-state index contributed by atoms with van der Waals surface area (Å²) >= 11 is 0. The summed E-state index contributed by atoms with van der Waals surface area (Å²) in [5, 5.41) is 1.09. The third-order valence-corrected chi connectivity index (χ3v) is 1.97. The number of hydrogen-bond acceptors (Lipinski definition) is 2. The van der Waals surface area contributed by atoms with Gasteiger partial charge in [-0.25, -0.2) is 0 Å². The maximum absolute atomic E-state index is 5.73. The summed E-state index contributed by atoms with van der Waals surface area (Å²) in [5.41, 5.74) is 7.26. The molecule has 0 bridgehead atoms. The Balaban J connectivity index is 2.74. The second-order valence-electron chi connectivity index (χ2n) is 2.83. The van der Waals surface area contributed by atoms with E-state index >= 15 is 0 Å². The van der Waals surface area contributed by atoms with Crippen LogP contribution in [0.3, 0.4) is 0 Å². The molecule has 0 aliphatic rings. The fourth-order valence-corrected chi connectivity index (χ4v) is 1.31. The largest absolute Gasteiger partial charge is 0.459 e. The van der Waals surface area contributed by atoms with Gasteiger partial charge in [0, 0.05) is 11.8 Å². The Kier molecular flexibility index (Phi) is 1.54. The Morgan fingerprint density at radius 2 is 2.25 bits per heavy atom. The molecule has 1 aromatic carbocycles. The van der Waals surface area contributed by atoms with Crippen molar-refractivity contribution in [1.82, 2.24) is 0 Å². The molecule has 2 N–H and O–H groups in total. The van der Waals surface area contributed by atoms with Gasteiger partial charge in [-0.3, -0.25) is 0 Å². The minimum Gasteiger partial charge on any atom is -0.459 e. The topological polar surface area (TPSA) is 39.2 Å². The molecule has 2 rings (SSSR count). The minimum atomic E-state index is 0.715. The van der Waals surface area contributed by atoms with Crippen molar-refractivity contribution in [2.45, 2.75) is 13.3 Å². The van der Waals surface area contributed by atoms with Gasteiger partial charge < -0.3 is 10.2 Å². The number of nitrogens with two attached hydrogens (primary N) is 1. The smallest absolute Gasteiger partial charge is 0.157 e. The number of hydrogen-bond donors (Lipinski definition) is 1. The normalized spacial score (nSPS) is 10.8. The van der Waals surface area contributed by atoms with Crippen molar-refractivity contribution in [3.63, 3.8) is 0 Å². The molecule has 0 saturated carbocycles. The van der Waals surface area contributed by atoms with Crippen LogP contribution in [0.25, 0.3) is 11.0 Å². The maximum Gasteiger partial charge on any atom is 0.157 e. The lowest BCUT2D eigenvalue weighted by Gasteiger charge is -1.91. The van der Waals surface area contributed by atoms with Gasteiger partial charge in [0.1, 0.15) is 5.76 Å². The zero-order valence-electron chi connectivity index (χ0n) is 7.00. The van der Waals surface area contributed by atoms with Crippen LogP contribution in [0.1, 0.15) is 12.7 Å². The Hall–Kier alpha value is -1.44. The molecule has 0 fully saturated rings. The summed E-state index contributed by atoms with van der Waals surface area (Å²) < 4.78 is 5.52. The average molecular weight is 161 g/mol. The van der Waals surface area contributed by atoms with E-state index in [0.29, 0.717) is 5.69 Å². The lowest BCUT2D eigenvalue weighted by atomic mass is 10.2. The number of para-hydroxylation sites is 1. The first-order chi connectivity index (χ1) is 5.81. The highest BCUT2D eigenvalue weighted by Gasteiger charge is 2.03. The SMILES string of the molecule is CCc1cc2cccc(N)c2o1. The lowest BCUT2D eigenvalue weighted by Crippen LogP contribution is -1.82. The number of benzene rings is 1. The average Bonchev–Trinajstić information content (AvgIpc) is 2.49. The Bertz CT molecular complexity index is 403. The number of furan rings is 1. The van der Waals surface area contributed by atoms with Crippen LogP contribution in [0.2, 0.25) is 0 Å². The minimum absolute atomic E-state index is 0.715. The molecule has 0 aliphatic heterocycles. The van der Waals surface area contributed by atoms with Gasteiger partial charge in [-0.05, 0) is 12.1 Å². The predicted octanol–water partition coefficient (Wildman–Crippen LogP) is 2.58. The molecule has 1 heterocycles. The Morgan fingerprint density at radius 3 is 2.92 bits per heavy atom. The first kappa shape index (κ1) is 7.22. The first-order valence-electron chi connectivity index (χ1n) is 4.08. The number of anilines is 1. The zero-order valence-corrected chi connectivity index (χ0v) is 7.00. The third kappa shape index (κ3) is 0.961. The van der Waals surface area contributed by atoms with E-state index in [1.54, 1.807) is 0 Å². The summed E-state index contributed by atoms with van der Waals surface area (Å²) in [5.74, 6) is 0.989. The molecule has 2 nitrogen and oxygen atoms in total. The number of rotatable bonds is 1. The van der Waals surface area contributed by atoms with Crippen molar-refractivity contribution >= 4 is 16.7 Å². The number of aryl methyl sites for hydroxylation is 1. The Morgan fingerprint density at radius 1 is 1.42 bits per heavy atom. The highest BCUT2D eigenvalue weighted by Crippen LogP contribution is 2.24. The molecule has 0 radical (unpaired) electrons. The molecule has 0 saturated heterocycles. The lowest BCUT2D eigenvalue weighted by molar-refractivity contribution is 0.558. The molecule has 0 aliphatic carbocycles. The van der Waals surface area contributed by atoms with Gasteiger partial charge in [0.25, 0.3) is 0 Å². The molecule has 0 spiro atoms. The van der Waals surface area contributed by atoms with Gasteiger partial charge in [0.05, 0.1) is 5.69 Å². The zero-order chi connectivity index (χ0) is 8.55. The molecule has 2 heteroatoms. The molecule has 0 atom stereocenters. The van der Waals surface area contributed by atoms with Crippen molar-refractivity contribution in [2.24, 2.45) is 0 Å². The third-order valence-electron chi connectivity index (χ3n) is 1.97. The van der Waals surface area contributed by atoms with Crippen molar-refractivity contribution < 1.29 is 4.42 Å². The van der Waals surface area contributed by atoms with E-state index in [-0.39, 0.29) is 0 Å². The molecule has 1 aromatic heterocycles. The van der Waals surface area contributed by atoms with Crippen LogP contribution in [0.5, 0.6) is 0 Å². The molecule has 0 amide bonds. The van der Waals surface area contributed by atoms with Crippen molar-refractivity contribution in [3.8, 4) is 0 Å². The van der Waals surface area contributed by atoms with Crippen molar-refractivity contribution in [1.29, 1.82) is 0 Å². The van der Waals surface area contributed by atoms with Gasteiger partial charge in [-0.15, -0.1) is 0 Å². The van der Waals surface area contributed by atoms with Gasteiger partial charge in [-0.2, -0.15) is 0 Å². The van der Waals surface area contributed by atoms with Crippen LogP contribution in [-0.4, -0.2) is 0 Å². The predicted molar refractivity (Wildman–Crippen MR) is 50.0 cm³/mol. The number of fused-ring (bicyclic) bond motifs is 1. The highest BCUT2D eigenvalue weighted by molar-refractivity contribution is 5.88. The summed E-state index contributed by atoms with van der Waals surface area (Å²) in [6, 6.07) is 7.83. The fourth-order valence-electron chi connectivity index (χ4n) is 1.31. The van der Waals surface area contributed by atoms with Crippen molar-refractivity contribution in [3.05, 3.63) is 30.0 Å². The molecular weight excluding hydrogens is 150 g/mol. The number of nitrogen functional groups attached to an aromatic ring is 1. The van der Waals surface area contributed by atoms with E-state index in [1.807, 2.05) is 24.3 Å². The second-order valence-corrected chi connectivity index (χ2v) is 2.83. The first-order valence-corrected chi connectivity index (χ1v) is 4.08. The summed E-state index contributed by atoms with van der Waals surface area (Å²) in [4.78, 5) is 0. The van der Waals surface area contributed by atoms with Crippen LogP contribution in [0, 0.1) is 0 Å². The molecular formula is C10H11NO. The quantitative estimate of drug-likeness (QED) is 0.653. The van der Waals surface area contributed by atoms with Gasteiger partial charge in [0.15, 0.2) is 5.58 Å². The monoisotopic (exact) mass is 161 g/mol. The summed E-state index contributed by atoms with van der Waals surface area (Å²) in [6.45, 7) is 2.06. The van der Waals surface area contributed by atoms with Crippen LogP contribution in [0.15, 0.2) is 28.7 Å². The van der Waals surface area contributed by atoms with Gasteiger partial charge >= 0.3 is 0 Å². The molecule has 62 valence electrons. The Labute approximate surface area is 71.0 Å². The van der Waals surface area contributed by atoms with Gasteiger partial charge in [0.2, 0.25) is 0 Å². The molecule has 12 heavy (non-hydrogen) atoms. The van der Waals surface area contributed by atoms with Gasteiger partial charge in [-0.1, -0.05) is 19.1 Å². The van der Waals surface area contributed by atoms with E-state index < -0.39 is 0 Å². The second kappa shape index (κ2) is 2.55. The molecule has 0 unspecified atom stereocenters. The van der Waals surface area contributed by atoms with E-state index in [1.165, 1.54) is 0 Å². The highest BCUT2D eigenvalue weighted by atomic mass is 16.3. The van der Waals surface area contributed by atoms with Crippen LogP contribution < -0.4 is 5.73 Å². The van der Waals surface area contributed by atoms with E-state index in [0.717, 1.165) is 23.2 Å². The van der Waals surface area contributed by atoms with Crippen molar-refractivity contribution in [2.75, 3.05) is 5.73 Å². The van der Waals surface area contributed by atoms with Crippen LogP contribution in [0.4, 0.5) is 5.69 Å². The molecule has 2 aromatic rings. The van der Waals surface area contributed by atoms with Crippen LogP contribution in [-0.2, 0) is 6.42 Å². The van der Waals surface area contributed by atoms with E-state index in [9.17, 15) is 0 Å². The van der Waals surface area contributed by atoms with Crippen LogP contribution >= 0.6 is 0 Å². The van der Waals surface area contributed by atoms with E-state index in [2.05, 4.69) is 6.92 Å².